The number of hydrogen-bond donors (Lipinski definition) is 1. The Balaban J connectivity index is 1.87. The van der Waals surface area contributed by atoms with Gasteiger partial charge in [0, 0.05) is 0 Å². The second-order valence-corrected chi connectivity index (χ2v) is 4.06. The maximum Gasteiger partial charge on any atom is 0.377 e. The first-order chi connectivity index (χ1) is 9.67. The van der Waals surface area contributed by atoms with Crippen LogP contribution in [0.2, 0.25) is 0 Å². The summed E-state index contributed by atoms with van der Waals surface area (Å²) < 4.78 is 11.5. The molecule has 0 unspecified atom stereocenters. The number of nitrogens with zero attached hydrogens (tertiary/aromatic N) is 4. The summed E-state index contributed by atoms with van der Waals surface area (Å²) in [5.74, 6) is -0.173. The van der Waals surface area contributed by atoms with Crippen LogP contribution >= 0.6 is 0 Å². The smallest absolute Gasteiger partial charge is 0.377 e. The molecular weight excluding hydrogens is 262 g/mol. The van der Waals surface area contributed by atoms with E-state index in [9.17, 15) is 4.79 Å². The van der Waals surface area contributed by atoms with Crippen molar-refractivity contribution in [2.75, 3.05) is 12.8 Å². The Bertz CT molecular complexity index is 776. The van der Waals surface area contributed by atoms with Gasteiger partial charge in [0.2, 0.25) is 5.89 Å². The number of fused-ring (bicyclic) bond motifs is 1. The third-order valence-electron chi connectivity index (χ3n) is 2.70. The van der Waals surface area contributed by atoms with E-state index in [-0.39, 0.29) is 12.4 Å². The second kappa shape index (κ2) is 4.65. The SMILES string of the molecule is COC(=O)c1ncn(Cc2nc3c(N)cccc3o2)n1. The largest absolute Gasteiger partial charge is 0.463 e. The van der Waals surface area contributed by atoms with E-state index in [1.807, 2.05) is 0 Å². The molecule has 0 aliphatic heterocycles. The fourth-order valence-electron chi connectivity index (χ4n) is 1.78. The van der Waals surface area contributed by atoms with Gasteiger partial charge in [0.25, 0.3) is 5.82 Å². The average Bonchev–Trinajstić information content (AvgIpc) is 3.05. The topological polar surface area (TPSA) is 109 Å². The molecular formula is C12H11N5O3. The minimum absolute atomic E-state index is 0.0110. The number of ether oxygens (including phenoxy) is 1. The number of oxazole rings is 1. The Kier molecular flexibility index (Phi) is 2.82. The third-order valence-corrected chi connectivity index (χ3v) is 2.70. The lowest BCUT2D eigenvalue weighted by Crippen LogP contribution is -2.06. The minimum atomic E-state index is -0.592. The number of esters is 1. The molecule has 1 aromatic carbocycles. The van der Waals surface area contributed by atoms with E-state index in [0.717, 1.165) is 0 Å². The van der Waals surface area contributed by atoms with Crippen LogP contribution in [0.15, 0.2) is 28.9 Å². The fourth-order valence-corrected chi connectivity index (χ4v) is 1.78. The Morgan fingerprint density at radius 3 is 3.10 bits per heavy atom. The summed E-state index contributed by atoms with van der Waals surface area (Å²) in [4.78, 5) is 19.4. The maximum atomic E-state index is 11.2. The van der Waals surface area contributed by atoms with Gasteiger partial charge in [0.15, 0.2) is 5.58 Å². The van der Waals surface area contributed by atoms with E-state index in [2.05, 4.69) is 19.8 Å². The standard InChI is InChI=1S/C12H11N5O3/c1-19-12(18)11-14-6-17(16-11)5-9-15-10-7(13)3-2-4-8(10)20-9/h2-4,6H,5,13H2,1H3. The van der Waals surface area contributed by atoms with Gasteiger partial charge in [0.1, 0.15) is 18.4 Å². The number of rotatable bonds is 3. The van der Waals surface area contributed by atoms with Gasteiger partial charge in [-0.1, -0.05) is 6.07 Å². The van der Waals surface area contributed by atoms with Crippen molar-refractivity contribution in [3.63, 3.8) is 0 Å². The van der Waals surface area contributed by atoms with Crippen LogP contribution in [0.3, 0.4) is 0 Å². The Hall–Kier alpha value is -2.90. The summed E-state index contributed by atoms with van der Waals surface area (Å²) in [6.45, 7) is 0.248. The monoisotopic (exact) mass is 273 g/mol. The number of para-hydroxylation sites is 1. The zero-order valence-corrected chi connectivity index (χ0v) is 10.6. The molecule has 0 aliphatic rings. The molecule has 0 atom stereocenters. The first-order valence-electron chi connectivity index (χ1n) is 5.79. The minimum Gasteiger partial charge on any atom is -0.463 e. The van der Waals surface area contributed by atoms with E-state index in [1.165, 1.54) is 18.1 Å². The second-order valence-electron chi connectivity index (χ2n) is 4.06. The lowest BCUT2D eigenvalue weighted by Gasteiger charge is -1.94. The first-order valence-corrected chi connectivity index (χ1v) is 5.79. The van der Waals surface area contributed by atoms with Crippen molar-refractivity contribution >= 4 is 22.8 Å². The zero-order valence-electron chi connectivity index (χ0n) is 10.6. The van der Waals surface area contributed by atoms with E-state index in [1.54, 1.807) is 18.2 Å². The highest BCUT2D eigenvalue weighted by atomic mass is 16.5. The quantitative estimate of drug-likeness (QED) is 0.556. The van der Waals surface area contributed by atoms with Gasteiger partial charge in [-0.2, -0.15) is 0 Å². The number of hydrogen-bond acceptors (Lipinski definition) is 7. The van der Waals surface area contributed by atoms with Crippen molar-refractivity contribution in [2.45, 2.75) is 6.54 Å². The van der Waals surface area contributed by atoms with Crippen LogP contribution < -0.4 is 5.73 Å². The molecule has 8 nitrogen and oxygen atoms in total. The number of anilines is 1. The van der Waals surface area contributed by atoms with Crippen LogP contribution in [0.4, 0.5) is 5.69 Å². The lowest BCUT2D eigenvalue weighted by atomic mass is 10.3. The molecule has 2 N–H and O–H groups in total. The van der Waals surface area contributed by atoms with Crippen LogP contribution in [-0.2, 0) is 11.3 Å². The molecule has 2 aromatic heterocycles. The van der Waals surface area contributed by atoms with Crippen LogP contribution in [0, 0.1) is 0 Å². The third kappa shape index (κ3) is 2.07. The predicted molar refractivity (Wildman–Crippen MR) is 68.9 cm³/mol. The number of aromatic nitrogens is 4. The summed E-state index contributed by atoms with van der Waals surface area (Å²) in [6.07, 6.45) is 1.41. The number of nitrogens with two attached hydrogens (primary N) is 1. The molecule has 0 bridgehead atoms. The molecule has 0 amide bonds. The van der Waals surface area contributed by atoms with Crippen molar-refractivity contribution in [1.29, 1.82) is 0 Å². The molecule has 0 spiro atoms. The van der Waals surface area contributed by atoms with Crippen LogP contribution in [0.1, 0.15) is 16.5 Å². The van der Waals surface area contributed by atoms with Gasteiger partial charge in [-0.15, -0.1) is 5.10 Å². The van der Waals surface area contributed by atoms with E-state index >= 15 is 0 Å². The number of benzene rings is 1. The summed E-state index contributed by atoms with van der Waals surface area (Å²) in [7, 11) is 1.27. The van der Waals surface area contributed by atoms with E-state index in [4.69, 9.17) is 10.2 Å². The highest BCUT2D eigenvalue weighted by molar-refractivity contribution is 5.85. The summed E-state index contributed by atoms with van der Waals surface area (Å²) in [5.41, 5.74) is 7.57. The molecule has 0 saturated carbocycles. The van der Waals surface area contributed by atoms with Crippen molar-refractivity contribution in [2.24, 2.45) is 0 Å². The highest BCUT2D eigenvalue weighted by Gasteiger charge is 2.13. The molecule has 0 aliphatic carbocycles. The van der Waals surface area contributed by atoms with Gasteiger partial charge in [-0.25, -0.2) is 19.4 Å². The molecule has 102 valence electrons. The normalized spacial score (nSPS) is 10.8. The average molecular weight is 273 g/mol. The van der Waals surface area contributed by atoms with Gasteiger partial charge in [-0.05, 0) is 12.1 Å². The molecule has 3 aromatic rings. The van der Waals surface area contributed by atoms with Gasteiger partial charge < -0.3 is 14.9 Å². The molecule has 0 fully saturated rings. The highest BCUT2D eigenvalue weighted by Crippen LogP contribution is 2.21. The number of carbonyl (C=O) groups is 1. The van der Waals surface area contributed by atoms with Crippen molar-refractivity contribution in [1.82, 2.24) is 19.7 Å². The van der Waals surface area contributed by atoms with Crippen molar-refractivity contribution in [3.05, 3.63) is 36.2 Å². The van der Waals surface area contributed by atoms with E-state index in [0.29, 0.717) is 22.7 Å². The van der Waals surface area contributed by atoms with Gasteiger partial charge in [-0.3, -0.25) is 0 Å². The van der Waals surface area contributed by atoms with Crippen LogP contribution in [0.25, 0.3) is 11.1 Å². The van der Waals surface area contributed by atoms with Gasteiger partial charge >= 0.3 is 5.97 Å². The number of methoxy groups -OCH3 is 1. The Labute approximate surface area is 113 Å². The lowest BCUT2D eigenvalue weighted by molar-refractivity contribution is 0.0586. The summed E-state index contributed by atoms with van der Waals surface area (Å²) in [6, 6.07) is 5.32. The van der Waals surface area contributed by atoms with Gasteiger partial charge in [0.05, 0.1) is 12.8 Å². The van der Waals surface area contributed by atoms with Crippen molar-refractivity contribution in [3.8, 4) is 0 Å². The molecule has 0 saturated heterocycles. The summed E-state index contributed by atoms with van der Waals surface area (Å²) in [5, 5.41) is 3.97. The molecule has 20 heavy (non-hydrogen) atoms. The van der Waals surface area contributed by atoms with Crippen LogP contribution in [-0.4, -0.2) is 32.8 Å². The maximum absolute atomic E-state index is 11.2. The number of carbonyl (C=O) groups excluding carboxylic acids is 1. The molecule has 3 rings (SSSR count). The molecule has 2 heterocycles. The molecule has 0 radical (unpaired) electrons. The first kappa shape index (κ1) is 12.2. The van der Waals surface area contributed by atoms with E-state index < -0.39 is 5.97 Å². The zero-order chi connectivity index (χ0) is 14.1. The number of nitrogen functional groups attached to an aromatic ring is 1. The Morgan fingerprint density at radius 1 is 1.50 bits per heavy atom. The molecule has 8 heteroatoms. The Morgan fingerprint density at radius 2 is 2.35 bits per heavy atom. The predicted octanol–water partition coefficient (Wildman–Crippen LogP) is 0.836. The summed E-state index contributed by atoms with van der Waals surface area (Å²) >= 11 is 0. The fraction of sp³-hybridized carbons (Fsp3) is 0.167. The van der Waals surface area contributed by atoms with Crippen LogP contribution in [0.5, 0.6) is 0 Å². The van der Waals surface area contributed by atoms with Crippen molar-refractivity contribution < 1.29 is 13.9 Å².